The fourth-order valence-corrected chi connectivity index (χ4v) is 2.43. The number of nitrogens with one attached hydrogen (secondary N) is 1. The fraction of sp³-hybridized carbons (Fsp3) is 0.100. The molecule has 0 atom stereocenters. The minimum absolute atomic E-state index is 0.241. The maximum Gasteiger partial charge on any atom is 0.255 e. The van der Waals surface area contributed by atoms with E-state index >= 15 is 0 Å². The van der Waals surface area contributed by atoms with E-state index in [1.807, 2.05) is 42.5 Å². The van der Waals surface area contributed by atoms with Gasteiger partial charge in [0.2, 0.25) is 0 Å². The van der Waals surface area contributed by atoms with Crippen LogP contribution in [-0.4, -0.2) is 25.1 Å². The van der Waals surface area contributed by atoms with Crippen LogP contribution in [-0.2, 0) is 0 Å². The third kappa shape index (κ3) is 3.77. The number of hydrogen-bond donors (Lipinski definition) is 1. The number of rotatable bonds is 5. The summed E-state index contributed by atoms with van der Waals surface area (Å²) in [6.07, 6.45) is 1.64. The van der Waals surface area contributed by atoms with Crippen LogP contribution in [0.4, 0.5) is 5.69 Å². The van der Waals surface area contributed by atoms with Gasteiger partial charge in [-0.05, 0) is 30.3 Å². The van der Waals surface area contributed by atoms with E-state index in [9.17, 15) is 4.79 Å². The van der Waals surface area contributed by atoms with Gasteiger partial charge in [-0.3, -0.25) is 9.78 Å². The topological polar surface area (TPSA) is 60.5 Å². The van der Waals surface area contributed by atoms with Gasteiger partial charge < -0.3 is 14.8 Å². The summed E-state index contributed by atoms with van der Waals surface area (Å²) in [6.45, 7) is 0. The molecule has 5 heteroatoms. The summed E-state index contributed by atoms with van der Waals surface area (Å²) in [7, 11) is 3.09. The van der Waals surface area contributed by atoms with E-state index in [0.717, 1.165) is 11.3 Å². The second-order valence-electron chi connectivity index (χ2n) is 5.32. The molecule has 0 spiro atoms. The average Bonchev–Trinajstić information content (AvgIpc) is 2.68. The molecular formula is C20H18N2O3. The third-order valence-corrected chi connectivity index (χ3v) is 3.74. The molecule has 0 radical (unpaired) electrons. The first kappa shape index (κ1) is 16.5. The number of benzene rings is 2. The molecule has 126 valence electrons. The molecule has 0 aliphatic carbocycles. The van der Waals surface area contributed by atoms with Crippen LogP contribution < -0.4 is 14.8 Å². The van der Waals surface area contributed by atoms with Crippen LogP contribution in [0.1, 0.15) is 10.4 Å². The zero-order valence-corrected chi connectivity index (χ0v) is 14.0. The first-order valence-electron chi connectivity index (χ1n) is 7.76. The molecule has 1 aromatic heterocycles. The molecule has 1 N–H and O–H groups in total. The Balaban J connectivity index is 1.75. The zero-order valence-electron chi connectivity index (χ0n) is 14.0. The van der Waals surface area contributed by atoms with E-state index in [1.165, 1.54) is 7.11 Å². The molecule has 1 amide bonds. The lowest BCUT2D eigenvalue weighted by Gasteiger charge is -2.10. The Morgan fingerprint density at radius 2 is 1.68 bits per heavy atom. The van der Waals surface area contributed by atoms with Gasteiger partial charge in [-0.25, -0.2) is 0 Å². The highest BCUT2D eigenvalue weighted by molar-refractivity contribution is 6.04. The number of pyridine rings is 1. The van der Waals surface area contributed by atoms with Crippen molar-refractivity contribution in [3.05, 3.63) is 72.4 Å². The van der Waals surface area contributed by atoms with E-state index in [1.54, 1.807) is 31.5 Å². The highest BCUT2D eigenvalue weighted by Gasteiger charge is 2.11. The molecule has 3 rings (SSSR count). The van der Waals surface area contributed by atoms with Gasteiger partial charge in [-0.15, -0.1) is 0 Å². The van der Waals surface area contributed by atoms with Crippen LogP contribution >= 0.6 is 0 Å². The van der Waals surface area contributed by atoms with Gasteiger partial charge in [0.15, 0.2) is 11.5 Å². The lowest BCUT2D eigenvalue weighted by Crippen LogP contribution is -2.12. The van der Waals surface area contributed by atoms with E-state index in [-0.39, 0.29) is 5.91 Å². The van der Waals surface area contributed by atoms with E-state index < -0.39 is 0 Å². The summed E-state index contributed by atoms with van der Waals surface area (Å²) < 4.78 is 10.4. The molecule has 0 saturated carbocycles. The Bertz CT molecular complexity index is 862. The molecule has 1 heterocycles. The average molecular weight is 334 g/mol. The number of carbonyl (C=O) groups is 1. The van der Waals surface area contributed by atoms with Crippen molar-refractivity contribution in [2.75, 3.05) is 19.5 Å². The maximum atomic E-state index is 12.4. The largest absolute Gasteiger partial charge is 0.493 e. The van der Waals surface area contributed by atoms with Crippen molar-refractivity contribution in [1.82, 2.24) is 4.98 Å². The van der Waals surface area contributed by atoms with Gasteiger partial charge in [-0.2, -0.15) is 0 Å². The van der Waals surface area contributed by atoms with Crippen LogP contribution in [0.25, 0.3) is 11.3 Å². The number of aromatic nitrogens is 1. The van der Waals surface area contributed by atoms with E-state index in [2.05, 4.69) is 10.3 Å². The predicted molar refractivity (Wildman–Crippen MR) is 97.2 cm³/mol. The summed E-state index contributed by atoms with van der Waals surface area (Å²) in [5.41, 5.74) is 2.98. The zero-order chi connectivity index (χ0) is 17.6. The first-order valence-corrected chi connectivity index (χ1v) is 7.76. The lowest BCUT2D eigenvalue weighted by molar-refractivity contribution is 0.102. The SMILES string of the molecule is COc1ccc(C(=O)Nc2ccc(-c3ccccc3)nc2)cc1OC. The molecule has 0 saturated heterocycles. The monoisotopic (exact) mass is 334 g/mol. The van der Waals surface area contributed by atoms with Gasteiger partial charge in [0, 0.05) is 11.1 Å². The van der Waals surface area contributed by atoms with Gasteiger partial charge >= 0.3 is 0 Å². The van der Waals surface area contributed by atoms with Crippen LogP contribution in [0.5, 0.6) is 11.5 Å². The molecule has 0 fully saturated rings. The summed E-state index contributed by atoms with van der Waals surface area (Å²) in [4.78, 5) is 16.8. The van der Waals surface area contributed by atoms with Crippen molar-refractivity contribution < 1.29 is 14.3 Å². The Morgan fingerprint density at radius 1 is 0.920 bits per heavy atom. The number of anilines is 1. The minimum atomic E-state index is -0.241. The minimum Gasteiger partial charge on any atom is -0.493 e. The van der Waals surface area contributed by atoms with Crippen molar-refractivity contribution >= 4 is 11.6 Å². The van der Waals surface area contributed by atoms with Gasteiger partial charge in [0.1, 0.15) is 0 Å². The molecule has 0 aliphatic rings. The first-order chi connectivity index (χ1) is 12.2. The van der Waals surface area contributed by atoms with E-state index in [4.69, 9.17) is 9.47 Å². The van der Waals surface area contributed by atoms with Crippen LogP contribution in [0.3, 0.4) is 0 Å². The lowest BCUT2D eigenvalue weighted by atomic mass is 10.1. The highest BCUT2D eigenvalue weighted by atomic mass is 16.5. The third-order valence-electron chi connectivity index (χ3n) is 3.74. The molecule has 3 aromatic rings. The Kier molecular flexibility index (Phi) is 4.95. The van der Waals surface area contributed by atoms with Crippen molar-refractivity contribution in [1.29, 1.82) is 0 Å². The molecule has 0 bridgehead atoms. The smallest absolute Gasteiger partial charge is 0.255 e. The second kappa shape index (κ2) is 7.49. The maximum absolute atomic E-state index is 12.4. The summed E-state index contributed by atoms with van der Waals surface area (Å²) in [6, 6.07) is 18.6. The normalized spacial score (nSPS) is 10.2. The van der Waals surface area contributed by atoms with Crippen LogP contribution in [0.2, 0.25) is 0 Å². The number of ether oxygens (including phenoxy) is 2. The standard InChI is InChI=1S/C20H18N2O3/c1-24-18-11-8-15(12-19(18)25-2)20(23)22-16-9-10-17(21-13-16)14-6-4-3-5-7-14/h3-13H,1-2H3,(H,22,23). The molecule has 25 heavy (non-hydrogen) atoms. The number of carbonyl (C=O) groups excluding carboxylic acids is 1. The van der Waals surface area contributed by atoms with Gasteiger partial charge in [0.25, 0.3) is 5.91 Å². The molecule has 0 unspecified atom stereocenters. The van der Waals surface area contributed by atoms with Crippen LogP contribution in [0.15, 0.2) is 66.9 Å². The Morgan fingerprint density at radius 3 is 2.32 bits per heavy atom. The fourth-order valence-electron chi connectivity index (χ4n) is 2.43. The van der Waals surface area contributed by atoms with Crippen molar-refractivity contribution in [3.8, 4) is 22.8 Å². The number of methoxy groups -OCH3 is 2. The number of amides is 1. The summed E-state index contributed by atoms with van der Waals surface area (Å²) >= 11 is 0. The Labute approximate surface area is 146 Å². The molecular weight excluding hydrogens is 316 g/mol. The van der Waals surface area contributed by atoms with Crippen molar-refractivity contribution in [2.45, 2.75) is 0 Å². The molecule has 2 aromatic carbocycles. The molecule has 0 aliphatic heterocycles. The van der Waals surface area contributed by atoms with Gasteiger partial charge in [-0.1, -0.05) is 30.3 Å². The Hall–Kier alpha value is -3.34. The quantitative estimate of drug-likeness (QED) is 0.765. The summed E-state index contributed by atoms with van der Waals surface area (Å²) in [5, 5.41) is 2.83. The van der Waals surface area contributed by atoms with Crippen LogP contribution in [0, 0.1) is 0 Å². The van der Waals surface area contributed by atoms with Crippen molar-refractivity contribution in [3.63, 3.8) is 0 Å². The predicted octanol–water partition coefficient (Wildman–Crippen LogP) is 4.02. The number of nitrogens with zero attached hydrogens (tertiary/aromatic N) is 1. The highest BCUT2D eigenvalue weighted by Crippen LogP contribution is 2.28. The van der Waals surface area contributed by atoms with E-state index in [0.29, 0.717) is 22.7 Å². The number of hydrogen-bond acceptors (Lipinski definition) is 4. The molecule has 5 nitrogen and oxygen atoms in total. The second-order valence-corrected chi connectivity index (χ2v) is 5.32. The van der Waals surface area contributed by atoms with Gasteiger partial charge in [0.05, 0.1) is 31.8 Å². The summed E-state index contributed by atoms with van der Waals surface area (Å²) in [5.74, 6) is 0.843. The van der Waals surface area contributed by atoms with Crippen molar-refractivity contribution in [2.24, 2.45) is 0 Å².